The van der Waals surface area contributed by atoms with Gasteiger partial charge in [-0.05, 0) is 56.5 Å². The fourth-order valence-electron chi connectivity index (χ4n) is 3.50. The van der Waals surface area contributed by atoms with Gasteiger partial charge in [-0.15, -0.1) is 0 Å². The van der Waals surface area contributed by atoms with Crippen molar-refractivity contribution in [2.75, 3.05) is 6.54 Å². The number of aryl methyl sites for hydroxylation is 1. The number of fused-ring (bicyclic) bond motifs is 1. The summed E-state index contributed by atoms with van der Waals surface area (Å²) in [5, 5.41) is 14.6. The highest BCUT2D eigenvalue weighted by Crippen LogP contribution is 2.30. The molecule has 0 aliphatic carbocycles. The summed E-state index contributed by atoms with van der Waals surface area (Å²) < 4.78 is 5.70. The number of benzene rings is 2. The lowest BCUT2D eigenvalue weighted by Gasteiger charge is -2.23. The van der Waals surface area contributed by atoms with Crippen LogP contribution in [0.15, 0.2) is 53.3 Å². The zero-order valence-electron chi connectivity index (χ0n) is 18.5. The molecule has 0 fully saturated rings. The number of rotatable bonds is 7. The second-order valence-electron chi connectivity index (χ2n) is 8.71. The summed E-state index contributed by atoms with van der Waals surface area (Å²) in [5.74, 6) is -0.221. The minimum absolute atomic E-state index is 0.146. The Kier molecular flexibility index (Phi) is 6.93. The number of hydrogen-bond donors (Lipinski definition) is 3. The Hall–Kier alpha value is -2.96. The third kappa shape index (κ3) is 5.60. The minimum Gasteiger partial charge on any atom is -0.421 e. The highest BCUT2D eigenvalue weighted by molar-refractivity contribution is 5.96. The summed E-state index contributed by atoms with van der Waals surface area (Å²) in [6.45, 7) is 8.47. The predicted molar refractivity (Wildman–Crippen MR) is 123 cm³/mol. The van der Waals surface area contributed by atoms with E-state index >= 15 is 0 Å². The van der Waals surface area contributed by atoms with Crippen LogP contribution in [-0.4, -0.2) is 28.1 Å². The Morgan fingerprint density at radius 3 is 2.58 bits per heavy atom. The molecule has 3 N–H and O–H groups in total. The van der Waals surface area contributed by atoms with Crippen LogP contribution in [0.5, 0.6) is 5.75 Å². The molecule has 0 aliphatic heterocycles. The number of aliphatic hydroxyl groups excluding tert-OH is 1. The van der Waals surface area contributed by atoms with E-state index in [1.807, 2.05) is 32.9 Å². The number of hydrogen-bond acceptors (Lipinski definition) is 5. The Bertz CT molecular complexity index is 1130. The molecule has 1 heterocycles. The summed E-state index contributed by atoms with van der Waals surface area (Å²) in [5.41, 5.74) is 2.01. The van der Waals surface area contributed by atoms with Crippen LogP contribution < -0.4 is 15.6 Å². The van der Waals surface area contributed by atoms with Gasteiger partial charge in [-0.25, -0.2) is 4.79 Å². The molecule has 31 heavy (non-hydrogen) atoms. The molecule has 0 aliphatic rings. The van der Waals surface area contributed by atoms with Gasteiger partial charge < -0.3 is 20.1 Å². The summed E-state index contributed by atoms with van der Waals surface area (Å²) in [7, 11) is 0. The van der Waals surface area contributed by atoms with E-state index in [9.17, 15) is 14.7 Å². The third-order valence-electron chi connectivity index (χ3n) is 5.03. The first-order valence-electron chi connectivity index (χ1n) is 10.6. The molecule has 0 spiro atoms. The number of nitrogens with one attached hydrogen (secondary N) is 2. The van der Waals surface area contributed by atoms with Gasteiger partial charge in [-0.2, -0.15) is 0 Å². The first-order valence-corrected chi connectivity index (χ1v) is 10.6. The quantitative estimate of drug-likeness (QED) is 0.394. The van der Waals surface area contributed by atoms with E-state index in [2.05, 4.69) is 17.2 Å². The van der Waals surface area contributed by atoms with Gasteiger partial charge in [0.1, 0.15) is 0 Å². The molecule has 0 bridgehead atoms. The highest BCUT2D eigenvalue weighted by Gasteiger charge is 2.20. The van der Waals surface area contributed by atoms with E-state index in [1.165, 1.54) is 6.07 Å². The second kappa shape index (κ2) is 9.45. The molecule has 0 saturated carbocycles. The number of carbonyl (C=O) groups excluding carboxylic acids is 1. The van der Waals surface area contributed by atoms with Crippen molar-refractivity contribution in [3.63, 3.8) is 0 Å². The van der Waals surface area contributed by atoms with Gasteiger partial charge in [0.25, 0.3) is 0 Å². The maximum Gasteiger partial charge on any atom is 0.343 e. The van der Waals surface area contributed by atoms with Gasteiger partial charge in [0, 0.05) is 23.5 Å². The van der Waals surface area contributed by atoms with Crippen molar-refractivity contribution in [1.29, 1.82) is 0 Å². The monoisotopic (exact) mass is 422 g/mol. The van der Waals surface area contributed by atoms with E-state index in [4.69, 9.17) is 4.74 Å². The summed E-state index contributed by atoms with van der Waals surface area (Å²) in [6.07, 6.45) is 0.896. The van der Waals surface area contributed by atoms with E-state index in [0.29, 0.717) is 28.6 Å². The Balaban J connectivity index is 1.96. The zero-order chi connectivity index (χ0) is 22.6. The van der Waals surface area contributed by atoms with E-state index in [1.54, 1.807) is 30.3 Å². The first-order chi connectivity index (χ1) is 14.7. The van der Waals surface area contributed by atoms with Gasteiger partial charge in [0.05, 0.1) is 17.2 Å². The van der Waals surface area contributed by atoms with Crippen molar-refractivity contribution >= 4 is 16.9 Å². The molecule has 6 heteroatoms. The topological polar surface area (TPSA) is 91.4 Å². The number of carbonyl (C=O) groups is 1. The highest BCUT2D eigenvalue weighted by atomic mass is 16.5. The summed E-state index contributed by atoms with van der Waals surface area (Å²) in [6, 6.07) is 13.8. The molecule has 0 amide bonds. The molecule has 1 unspecified atom stereocenters. The minimum atomic E-state index is -0.789. The van der Waals surface area contributed by atoms with E-state index in [0.717, 1.165) is 18.4 Å². The SMILES string of the molecule is CCCc1ccccc1C(=O)Oc1ccc(C(O)CNC(C)(C)C)c2ccc(=O)[nH]c12. The molecule has 0 radical (unpaired) electrons. The van der Waals surface area contributed by atoms with Crippen LogP contribution in [0, 0.1) is 0 Å². The lowest BCUT2D eigenvalue weighted by molar-refractivity contribution is 0.0735. The number of esters is 1. The molecule has 6 nitrogen and oxygen atoms in total. The fourth-order valence-corrected chi connectivity index (χ4v) is 3.50. The Morgan fingerprint density at radius 1 is 1.13 bits per heavy atom. The number of aromatic nitrogens is 1. The van der Waals surface area contributed by atoms with Crippen molar-refractivity contribution < 1.29 is 14.6 Å². The van der Waals surface area contributed by atoms with Gasteiger partial charge in [-0.1, -0.05) is 37.6 Å². The zero-order valence-corrected chi connectivity index (χ0v) is 18.5. The normalized spacial score (nSPS) is 12.7. The van der Waals surface area contributed by atoms with Crippen LogP contribution in [0.2, 0.25) is 0 Å². The molecule has 2 aromatic carbocycles. The lowest BCUT2D eigenvalue weighted by atomic mass is 10.0. The number of aromatic amines is 1. The maximum atomic E-state index is 12.9. The van der Waals surface area contributed by atoms with E-state index in [-0.39, 0.29) is 16.8 Å². The molecule has 3 rings (SSSR count). The van der Waals surface area contributed by atoms with Crippen molar-refractivity contribution in [3.05, 3.63) is 75.6 Å². The van der Waals surface area contributed by atoms with Gasteiger partial charge in [0.15, 0.2) is 5.75 Å². The molecule has 1 atom stereocenters. The second-order valence-corrected chi connectivity index (χ2v) is 8.71. The van der Waals surface area contributed by atoms with Crippen LogP contribution in [0.4, 0.5) is 0 Å². The lowest BCUT2D eigenvalue weighted by Crippen LogP contribution is -2.38. The summed E-state index contributed by atoms with van der Waals surface area (Å²) in [4.78, 5) is 27.7. The molecular formula is C25H30N2O4. The van der Waals surface area contributed by atoms with Crippen molar-refractivity contribution in [2.24, 2.45) is 0 Å². The molecule has 0 saturated heterocycles. The predicted octanol–water partition coefficient (Wildman–Crippen LogP) is 4.12. The average molecular weight is 423 g/mol. The van der Waals surface area contributed by atoms with Crippen LogP contribution in [0.1, 0.15) is 61.7 Å². The standard InChI is InChI=1S/C25H30N2O4/c1-5-8-16-9-6-7-10-17(16)24(30)31-21-13-11-18(20(28)15-26-25(2,3)4)19-12-14-22(29)27-23(19)21/h6-7,9-14,20,26,28H,5,8,15H2,1-4H3,(H,27,29). The maximum absolute atomic E-state index is 12.9. The molecule has 3 aromatic rings. The van der Waals surface area contributed by atoms with Crippen molar-refractivity contribution in [2.45, 2.75) is 52.2 Å². The molecular weight excluding hydrogens is 392 g/mol. The average Bonchev–Trinajstić information content (AvgIpc) is 2.72. The number of pyridine rings is 1. The van der Waals surface area contributed by atoms with Crippen LogP contribution in [0.3, 0.4) is 0 Å². The van der Waals surface area contributed by atoms with Gasteiger partial charge in [0.2, 0.25) is 5.56 Å². The Morgan fingerprint density at radius 2 is 1.87 bits per heavy atom. The fraction of sp³-hybridized carbons (Fsp3) is 0.360. The van der Waals surface area contributed by atoms with Crippen LogP contribution >= 0.6 is 0 Å². The number of H-pyrrole nitrogens is 1. The number of β-amino-alcohol motifs (C(OH)–C–C–N with tert-alkyl or cyclic N) is 1. The largest absolute Gasteiger partial charge is 0.421 e. The van der Waals surface area contributed by atoms with Gasteiger partial charge in [-0.3, -0.25) is 4.79 Å². The molecule has 1 aromatic heterocycles. The van der Waals surface area contributed by atoms with E-state index < -0.39 is 12.1 Å². The first kappa shape index (κ1) is 22.7. The van der Waals surface area contributed by atoms with Gasteiger partial charge >= 0.3 is 5.97 Å². The van der Waals surface area contributed by atoms with Crippen molar-refractivity contribution in [3.8, 4) is 5.75 Å². The Labute approximate surface area is 182 Å². The molecule has 164 valence electrons. The number of ether oxygens (including phenoxy) is 1. The summed E-state index contributed by atoms with van der Waals surface area (Å²) >= 11 is 0. The van der Waals surface area contributed by atoms with Crippen molar-refractivity contribution in [1.82, 2.24) is 10.3 Å². The third-order valence-corrected chi connectivity index (χ3v) is 5.03. The number of aliphatic hydroxyl groups is 1. The van der Waals surface area contributed by atoms with Crippen LogP contribution in [-0.2, 0) is 6.42 Å². The smallest absolute Gasteiger partial charge is 0.343 e. The van der Waals surface area contributed by atoms with Crippen LogP contribution in [0.25, 0.3) is 10.9 Å².